The summed E-state index contributed by atoms with van der Waals surface area (Å²) < 4.78 is 44.1. The van der Waals surface area contributed by atoms with Crippen LogP contribution in [0.15, 0.2) is 36.4 Å². The summed E-state index contributed by atoms with van der Waals surface area (Å²) in [7, 11) is 0. The first-order valence-electron chi connectivity index (χ1n) is 5.97. The number of carboxylic acids is 1. The van der Waals surface area contributed by atoms with E-state index < -0.39 is 25.5 Å². The van der Waals surface area contributed by atoms with Crippen molar-refractivity contribution >= 4 is 16.7 Å². The molecule has 0 heterocycles. The van der Waals surface area contributed by atoms with Crippen LogP contribution in [0.1, 0.15) is 10.4 Å². The van der Waals surface area contributed by atoms with Crippen LogP contribution in [0.3, 0.4) is 0 Å². The van der Waals surface area contributed by atoms with Gasteiger partial charge in [0.2, 0.25) is 0 Å². The number of rotatable bonds is 5. The molecular formula is C14H11F3O4. The SMILES string of the molecule is O=C(O)c1c(OCCOC(F)(F)F)ccc2ccccc12. The van der Waals surface area contributed by atoms with E-state index in [1.165, 1.54) is 6.07 Å². The van der Waals surface area contributed by atoms with Crippen LogP contribution in [0, 0.1) is 0 Å². The molecule has 0 aliphatic carbocycles. The maximum absolute atomic E-state index is 11.8. The Balaban J connectivity index is 2.20. The van der Waals surface area contributed by atoms with Crippen LogP contribution in [0.2, 0.25) is 0 Å². The Morgan fingerprint density at radius 2 is 1.81 bits per heavy atom. The van der Waals surface area contributed by atoms with Gasteiger partial charge in [-0.3, -0.25) is 4.74 Å². The zero-order valence-corrected chi connectivity index (χ0v) is 10.7. The number of carbonyl (C=O) groups is 1. The highest BCUT2D eigenvalue weighted by Gasteiger charge is 2.28. The Hall–Kier alpha value is -2.28. The second-order valence-corrected chi connectivity index (χ2v) is 4.11. The smallest absolute Gasteiger partial charge is 0.490 e. The molecule has 0 amide bonds. The molecule has 21 heavy (non-hydrogen) atoms. The minimum Gasteiger partial charge on any atom is -0.490 e. The van der Waals surface area contributed by atoms with Crippen molar-refractivity contribution in [2.45, 2.75) is 6.36 Å². The summed E-state index contributed by atoms with van der Waals surface area (Å²) in [5.74, 6) is -1.20. The molecule has 0 spiro atoms. The highest BCUT2D eigenvalue weighted by molar-refractivity contribution is 6.06. The molecule has 0 aliphatic heterocycles. The van der Waals surface area contributed by atoms with Crippen molar-refractivity contribution in [2.24, 2.45) is 0 Å². The van der Waals surface area contributed by atoms with E-state index in [4.69, 9.17) is 4.74 Å². The molecule has 0 aromatic heterocycles. The van der Waals surface area contributed by atoms with Crippen LogP contribution in [0.5, 0.6) is 5.75 Å². The molecule has 0 radical (unpaired) electrons. The van der Waals surface area contributed by atoms with Crippen LogP contribution >= 0.6 is 0 Å². The number of hydrogen-bond donors (Lipinski definition) is 1. The Kier molecular flexibility index (Phi) is 4.32. The maximum atomic E-state index is 11.8. The molecule has 4 nitrogen and oxygen atoms in total. The molecule has 2 aromatic rings. The Labute approximate surface area is 117 Å². The number of benzene rings is 2. The number of hydrogen-bond acceptors (Lipinski definition) is 3. The second kappa shape index (κ2) is 6.01. The van der Waals surface area contributed by atoms with E-state index in [1.807, 2.05) is 0 Å². The van der Waals surface area contributed by atoms with E-state index in [0.717, 1.165) is 0 Å². The topological polar surface area (TPSA) is 55.8 Å². The standard InChI is InChI=1S/C14H11F3O4/c15-14(16,17)21-8-7-20-11-6-5-9-3-1-2-4-10(9)12(11)13(18)19/h1-6H,7-8H2,(H,18,19). The fraction of sp³-hybridized carbons (Fsp3) is 0.214. The van der Waals surface area contributed by atoms with Crippen molar-refractivity contribution in [3.05, 3.63) is 42.0 Å². The van der Waals surface area contributed by atoms with E-state index in [-0.39, 0.29) is 11.3 Å². The van der Waals surface area contributed by atoms with Gasteiger partial charge >= 0.3 is 12.3 Å². The van der Waals surface area contributed by atoms with Crippen molar-refractivity contribution in [3.8, 4) is 5.75 Å². The summed E-state index contributed by atoms with van der Waals surface area (Å²) in [5, 5.41) is 10.4. The summed E-state index contributed by atoms with van der Waals surface area (Å²) in [6.07, 6.45) is -4.73. The van der Waals surface area contributed by atoms with Crippen molar-refractivity contribution in [2.75, 3.05) is 13.2 Å². The molecule has 2 aromatic carbocycles. The van der Waals surface area contributed by atoms with Crippen LogP contribution in [0.25, 0.3) is 10.8 Å². The average molecular weight is 300 g/mol. The number of carboxylic acid groups (broad SMARTS) is 1. The van der Waals surface area contributed by atoms with Crippen LogP contribution in [0.4, 0.5) is 13.2 Å². The summed E-state index contributed by atoms with van der Waals surface area (Å²) in [6.45, 7) is -1.12. The summed E-state index contributed by atoms with van der Waals surface area (Å²) in [4.78, 5) is 11.3. The highest BCUT2D eigenvalue weighted by atomic mass is 19.4. The molecule has 0 atom stereocenters. The third kappa shape index (κ3) is 3.85. The van der Waals surface area contributed by atoms with Gasteiger partial charge in [0.25, 0.3) is 0 Å². The molecule has 0 saturated carbocycles. The average Bonchev–Trinajstić information content (AvgIpc) is 2.41. The van der Waals surface area contributed by atoms with Gasteiger partial charge in [0.1, 0.15) is 17.9 Å². The molecule has 7 heteroatoms. The molecule has 2 rings (SSSR count). The lowest BCUT2D eigenvalue weighted by Gasteiger charge is -2.12. The summed E-state index contributed by atoms with van der Waals surface area (Å²) in [6, 6.07) is 9.83. The van der Waals surface area contributed by atoms with E-state index in [2.05, 4.69) is 4.74 Å². The lowest BCUT2D eigenvalue weighted by Crippen LogP contribution is -2.18. The van der Waals surface area contributed by atoms with Gasteiger partial charge in [-0.15, -0.1) is 13.2 Å². The summed E-state index contributed by atoms with van der Waals surface area (Å²) >= 11 is 0. The molecule has 0 bridgehead atoms. The minimum absolute atomic E-state index is 0.00646. The second-order valence-electron chi connectivity index (χ2n) is 4.11. The van der Waals surface area contributed by atoms with Crippen LogP contribution < -0.4 is 4.74 Å². The number of fused-ring (bicyclic) bond motifs is 1. The van der Waals surface area contributed by atoms with Gasteiger partial charge in [0, 0.05) is 0 Å². The van der Waals surface area contributed by atoms with Gasteiger partial charge in [-0.2, -0.15) is 0 Å². The zero-order chi connectivity index (χ0) is 15.5. The highest BCUT2D eigenvalue weighted by Crippen LogP contribution is 2.28. The normalized spacial score (nSPS) is 11.6. The predicted molar refractivity (Wildman–Crippen MR) is 68.4 cm³/mol. The number of halogens is 3. The third-order valence-electron chi connectivity index (χ3n) is 2.71. The number of ether oxygens (including phenoxy) is 2. The van der Waals surface area contributed by atoms with Crippen LogP contribution in [-0.4, -0.2) is 30.7 Å². The van der Waals surface area contributed by atoms with Gasteiger partial charge < -0.3 is 9.84 Å². The van der Waals surface area contributed by atoms with Crippen molar-refractivity contribution in [1.82, 2.24) is 0 Å². The lowest BCUT2D eigenvalue weighted by atomic mass is 10.0. The third-order valence-corrected chi connectivity index (χ3v) is 2.71. The molecule has 1 N–H and O–H groups in total. The Bertz CT molecular complexity index is 652. The van der Waals surface area contributed by atoms with Crippen molar-refractivity contribution < 1.29 is 32.5 Å². The number of aromatic carboxylic acids is 1. The Morgan fingerprint density at radius 3 is 2.48 bits per heavy atom. The van der Waals surface area contributed by atoms with Gasteiger partial charge in [0.05, 0.1) is 6.61 Å². The van der Waals surface area contributed by atoms with Gasteiger partial charge in [0.15, 0.2) is 0 Å². The fourth-order valence-electron chi connectivity index (χ4n) is 1.90. The van der Waals surface area contributed by atoms with E-state index in [1.54, 1.807) is 30.3 Å². The van der Waals surface area contributed by atoms with Crippen molar-refractivity contribution in [1.29, 1.82) is 0 Å². The van der Waals surface area contributed by atoms with Gasteiger partial charge in [-0.05, 0) is 16.8 Å². The number of alkyl halides is 3. The predicted octanol–water partition coefficient (Wildman–Crippen LogP) is 3.45. The molecular weight excluding hydrogens is 289 g/mol. The van der Waals surface area contributed by atoms with Gasteiger partial charge in [-0.1, -0.05) is 30.3 Å². The van der Waals surface area contributed by atoms with E-state index >= 15 is 0 Å². The van der Waals surface area contributed by atoms with Crippen molar-refractivity contribution in [3.63, 3.8) is 0 Å². The molecule has 0 aliphatic rings. The first kappa shape index (κ1) is 15.1. The van der Waals surface area contributed by atoms with Gasteiger partial charge in [-0.25, -0.2) is 4.79 Å². The molecule has 0 unspecified atom stereocenters. The fourth-order valence-corrected chi connectivity index (χ4v) is 1.90. The Morgan fingerprint density at radius 1 is 1.10 bits per heavy atom. The zero-order valence-electron chi connectivity index (χ0n) is 10.7. The largest absolute Gasteiger partial charge is 0.522 e. The lowest BCUT2D eigenvalue weighted by molar-refractivity contribution is -0.325. The molecule has 0 saturated heterocycles. The monoisotopic (exact) mass is 300 g/mol. The first-order chi connectivity index (χ1) is 9.88. The minimum atomic E-state index is -4.73. The van der Waals surface area contributed by atoms with Crippen LogP contribution in [-0.2, 0) is 4.74 Å². The quantitative estimate of drug-likeness (QED) is 0.859. The van der Waals surface area contributed by atoms with E-state index in [9.17, 15) is 23.1 Å². The maximum Gasteiger partial charge on any atom is 0.522 e. The molecule has 112 valence electrons. The van der Waals surface area contributed by atoms with E-state index in [0.29, 0.717) is 10.8 Å². The first-order valence-corrected chi connectivity index (χ1v) is 5.97. The summed E-state index contributed by atoms with van der Waals surface area (Å²) in [5.41, 5.74) is -0.0832. The molecule has 0 fully saturated rings.